The van der Waals surface area contributed by atoms with E-state index in [0.717, 1.165) is 5.56 Å². The van der Waals surface area contributed by atoms with Crippen molar-refractivity contribution in [3.05, 3.63) is 65.7 Å². The molecule has 0 saturated carbocycles. The van der Waals surface area contributed by atoms with Gasteiger partial charge in [-0.25, -0.2) is 4.79 Å². The molecule has 0 fully saturated rings. The first-order valence-corrected chi connectivity index (χ1v) is 8.62. The van der Waals surface area contributed by atoms with Crippen molar-refractivity contribution < 1.29 is 23.9 Å². The van der Waals surface area contributed by atoms with Gasteiger partial charge in [0.1, 0.15) is 11.5 Å². The molecule has 2 aromatic carbocycles. The van der Waals surface area contributed by atoms with E-state index >= 15 is 0 Å². The Morgan fingerprint density at radius 3 is 2.42 bits per heavy atom. The number of fused-ring (bicyclic) bond motifs is 1. The van der Waals surface area contributed by atoms with Gasteiger partial charge in [0, 0.05) is 6.42 Å². The highest BCUT2D eigenvalue weighted by Gasteiger charge is 2.56. The summed E-state index contributed by atoms with van der Waals surface area (Å²) >= 11 is 0. The molecule has 0 aromatic heterocycles. The van der Waals surface area contributed by atoms with Crippen LogP contribution in [-0.4, -0.2) is 29.7 Å². The fraction of sp³-hybridized carbons (Fsp3) is 0.286. The van der Waals surface area contributed by atoms with E-state index < -0.39 is 17.4 Å². The molecule has 0 N–H and O–H groups in total. The van der Waals surface area contributed by atoms with Gasteiger partial charge in [0.2, 0.25) is 5.78 Å². The van der Waals surface area contributed by atoms with E-state index in [1.165, 1.54) is 0 Å². The van der Waals surface area contributed by atoms with E-state index in [4.69, 9.17) is 9.47 Å². The SMILES string of the molecule is CCOC(=O)[C@]1(CC(=O)CCc2ccccc2)Oc2ccccc2C1=O. The number of benzene rings is 2. The maximum atomic E-state index is 12.9. The summed E-state index contributed by atoms with van der Waals surface area (Å²) in [5, 5.41) is 0. The molecule has 5 nitrogen and oxygen atoms in total. The van der Waals surface area contributed by atoms with E-state index in [0.29, 0.717) is 17.7 Å². The molecule has 3 rings (SSSR count). The topological polar surface area (TPSA) is 69.7 Å². The van der Waals surface area contributed by atoms with Gasteiger partial charge in [-0.05, 0) is 31.0 Å². The molecule has 1 heterocycles. The highest BCUT2D eigenvalue weighted by Crippen LogP contribution is 2.38. The predicted octanol–water partition coefficient (Wildman–Crippen LogP) is 3.16. The van der Waals surface area contributed by atoms with Crippen molar-refractivity contribution in [3.63, 3.8) is 0 Å². The van der Waals surface area contributed by atoms with E-state index in [2.05, 4.69) is 0 Å². The quantitative estimate of drug-likeness (QED) is 0.565. The van der Waals surface area contributed by atoms with Gasteiger partial charge in [0.05, 0.1) is 18.6 Å². The summed E-state index contributed by atoms with van der Waals surface area (Å²) in [5.74, 6) is -1.24. The van der Waals surface area contributed by atoms with E-state index in [1.54, 1.807) is 31.2 Å². The number of hydrogen-bond donors (Lipinski definition) is 0. The molecule has 0 spiro atoms. The standard InChI is InChI=1S/C21H20O5/c1-2-25-20(24)21(19(23)17-10-6-7-11-18(17)26-21)14-16(22)13-12-15-8-4-3-5-9-15/h3-11H,2,12-14H2,1H3/t21-/m1/s1. The zero-order chi connectivity index (χ0) is 18.6. The maximum absolute atomic E-state index is 12.9. The normalized spacial score (nSPS) is 18.1. The molecular weight excluding hydrogens is 332 g/mol. The Kier molecular flexibility index (Phi) is 5.16. The summed E-state index contributed by atoms with van der Waals surface area (Å²) < 4.78 is 10.8. The Labute approximate surface area is 151 Å². The fourth-order valence-electron chi connectivity index (χ4n) is 3.06. The molecule has 1 aliphatic rings. The number of ketones is 2. The molecule has 0 unspecified atom stereocenters. The number of hydrogen-bond acceptors (Lipinski definition) is 5. The minimum atomic E-state index is -1.91. The largest absolute Gasteiger partial charge is 0.466 e. The molecule has 5 heteroatoms. The van der Waals surface area contributed by atoms with Crippen LogP contribution in [0.25, 0.3) is 0 Å². The molecule has 0 bridgehead atoms. The van der Waals surface area contributed by atoms with Crippen molar-refractivity contribution in [2.24, 2.45) is 0 Å². The van der Waals surface area contributed by atoms with Gasteiger partial charge in [0.15, 0.2) is 0 Å². The minimum absolute atomic E-state index is 0.103. The predicted molar refractivity (Wildman–Crippen MR) is 95.2 cm³/mol. The summed E-state index contributed by atoms with van der Waals surface area (Å²) in [6.07, 6.45) is 0.435. The zero-order valence-electron chi connectivity index (χ0n) is 14.6. The first-order valence-electron chi connectivity index (χ1n) is 8.62. The average Bonchev–Trinajstić information content (AvgIpc) is 2.94. The maximum Gasteiger partial charge on any atom is 0.359 e. The molecular formula is C21H20O5. The second kappa shape index (κ2) is 7.52. The molecule has 1 aliphatic heterocycles. The second-order valence-corrected chi connectivity index (χ2v) is 6.18. The van der Waals surface area contributed by atoms with Crippen molar-refractivity contribution in [1.82, 2.24) is 0 Å². The summed E-state index contributed by atoms with van der Waals surface area (Å²) in [5.41, 5.74) is -0.586. The van der Waals surface area contributed by atoms with Crippen LogP contribution in [0.4, 0.5) is 0 Å². The summed E-state index contributed by atoms with van der Waals surface area (Å²) in [6.45, 7) is 1.75. The summed E-state index contributed by atoms with van der Waals surface area (Å²) in [6, 6.07) is 16.2. The molecule has 26 heavy (non-hydrogen) atoms. The monoisotopic (exact) mass is 352 g/mol. The molecule has 0 radical (unpaired) electrons. The van der Waals surface area contributed by atoms with Crippen LogP contribution >= 0.6 is 0 Å². The minimum Gasteiger partial charge on any atom is -0.466 e. The van der Waals surface area contributed by atoms with Crippen molar-refractivity contribution in [1.29, 1.82) is 0 Å². The Hall–Kier alpha value is -2.95. The summed E-state index contributed by atoms with van der Waals surface area (Å²) in [4.78, 5) is 37.9. The Morgan fingerprint density at radius 1 is 1.04 bits per heavy atom. The number of para-hydroxylation sites is 1. The number of rotatable bonds is 7. The van der Waals surface area contributed by atoms with Gasteiger partial charge < -0.3 is 9.47 Å². The van der Waals surface area contributed by atoms with Crippen LogP contribution in [0, 0.1) is 0 Å². The van der Waals surface area contributed by atoms with E-state index in [-0.39, 0.29) is 25.2 Å². The van der Waals surface area contributed by atoms with Gasteiger partial charge in [-0.3, -0.25) is 9.59 Å². The van der Waals surface area contributed by atoms with Crippen LogP contribution < -0.4 is 4.74 Å². The van der Waals surface area contributed by atoms with Crippen LogP contribution in [0.15, 0.2) is 54.6 Å². The smallest absolute Gasteiger partial charge is 0.359 e. The average molecular weight is 352 g/mol. The van der Waals surface area contributed by atoms with Crippen LogP contribution in [0.5, 0.6) is 5.75 Å². The second-order valence-electron chi connectivity index (χ2n) is 6.18. The number of Topliss-reactive ketones (excluding diaryl/α,β-unsaturated/α-hetero) is 2. The highest BCUT2D eigenvalue weighted by molar-refractivity contribution is 6.21. The lowest BCUT2D eigenvalue weighted by atomic mass is 9.88. The van der Waals surface area contributed by atoms with Crippen molar-refractivity contribution in [3.8, 4) is 5.75 Å². The van der Waals surface area contributed by atoms with Crippen molar-refractivity contribution >= 4 is 17.5 Å². The van der Waals surface area contributed by atoms with E-state index in [1.807, 2.05) is 30.3 Å². The third kappa shape index (κ3) is 3.38. The van der Waals surface area contributed by atoms with Gasteiger partial charge >= 0.3 is 5.97 Å². The Morgan fingerprint density at radius 2 is 1.73 bits per heavy atom. The highest BCUT2D eigenvalue weighted by atomic mass is 16.6. The summed E-state index contributed by atoms with van der Waals surface area (Å²) in [7, 11) is 0. The first-order chi connectivity index (χ1) is 12.6. The number of carbonyl (C=O) groups is 3. The Bertz CT molecular complexity index is 827. The third-order valence-corrected chi connectivity index (χ3v) is 4.37. The molecule has 1 atom stereocenters. The lowest BCUT2D eigenvalue weighted by Gasteiger charge is -2.24. The number of carbonyl (C=O) groups excluding carboxylic acids is 3. The lowest BCUT2D eigenvalue weighted by molar-refractivity contribution is -0.158. The van der Waals surface area contributed by atoms with Gasteiger partial charge in [-0.2, -0.15) is 0 Å². The lowest BCUT2D eigenvalue weighted by Crippen LogP contribution is -2.51. The molecule has 0 saturated heterocycles. The van der Waals surface area contributed by atoms with Crippen molar-refractivity contribution in [2.75, 3.05) is 6.61 Å². The van der Waals surface area contributed by atoms with Crippen LogP contribution in [0.1, 0.15) is 35.7 Å². The Balaban J connectivity index is 1.79. The molecule has 134 valence electrons. The number of aryl methyl sites for hydroxylation is 1. The fourth-order valence-corrected chi connectivity index (χ4v) is 3.06. The molecule has 0 aliphatic carbocycles. The first kappa shape index (κ1) is 17.9. The number of esters is 1. The van der Waals surface area contributed by atoms with E-state index in [9.17, 15) is 14.4 Å². The third-order valence-electron chi connectivity index (χ3n) is 4.37. The zero-order valence-corrected chi connectivity index (χ0v) is 14.6. The van der Waals surface area contributed by atoms with Crippen LogP contribution in [-0.2, 0) is 20.7 Å². The van der Waals surface area contributed by atoms with Gasteiger partial charge in [-0.1, -0.05) is 42.5 Å². The van der Waals surface area contributed by atoms with Crippen molar-refractivity contribution in [2.45, 2.75) is 31.8 Å². The van der Waals surface area contributed by atoms with Crippen LogP contribution in [0.2, 0.25) is 0 Å². The molecule has 0 amide bonds. The van der Waals surface area contributed by atoms with Crippen LogP contribution in [0.3, 0.4) is 0 Å². The number of ether oxygens (including phenoxy) is 2. The van der Waals surface area contributed by atoms with Gasteiger partial charge in [0.25, 0.3) is 5.60 Å². The van der Waals surface area contributed by atoms with Gasteiger partial charge in [-0.15, -0.1) is 0 Å². The molecule has 2 aromatic rings.